The maximum absolute atomic E-state index is 12.7. The number of hydrogen-bond donors (Lipinski definition) is 2. The lowest BCUT2D eigenvalue weighted by molar-refractivity contribution is -0.121. The SMILES string of the molecule is NC1C2CCC(C2)C1C(=O)Nc1cccc2ccccc12. The zero-order chi connectivity index (χ0) is 14.4. The molecule has 1 amide bonds. The summed E-state index contributed by atoms with van der Waals surface area (Å²) in [5.74, 6) is 1.13. The second kappa shape index (κ2) is 4.85. The number of hydrogen-bond acceptors (Lipinski definition) is 2. The Morgan fingerprint density at radius 3 is 2.62 bits per heavy atom. The lowest BCUT2D eigenvalue weighted by Gasteiger charge is -2.27. The van der Waals surface area contributed by atoms with Crippen molar-refractivity contribution >= 4 is 22.4 Å². The first kappa shape index (κ1) is 12.8. The Morgan fingerprint density at radius 2 is 1.81 bits per heavy atom. The van der Waals surface area contributed by atoms with Crippen LogP contribution in [0.4, 0.5) is 5.69 Å². The third kappa shape index (κ3) is 2.04. The van der Waals surface area contributed by atoms with E-state index in [0.29, 0.717) is 11.8 Å². The Labute approximate surface area is 124 Å². The second-order valence-electron chi connectivity index (χ2n) is 6.45. The average Bonchev–Trinajstić information content (AvgIpc) is 3.08. The van der Waals surface area contributed by atoms with E-state index >= 15 is 0 Å². The molecule has 3 nitrogen and oxygen atoms in total. The number of nitrogens with one attached hydrogen (secondary N) is 1. The van der Waals surface area contributed by atoms with E-state index < -0.39 is 0 Å². The summed E-state index contributed by atoms with van der Waals surface area (Å²) in [6.45, 7) is 0. The van der Waals surface area contributed by atoms with Gasteiger partial charge < -0.3 is 11.1 Å². The first-order chi connectivity index (χ1) is 10.2. The van der Waals surface area contributed by atoms with Crippen molar-refractivity contribution in [2.45, 2.75) is 25.3 Å². The van der Waals surface area contributed by atoms with Crippen molar-refractivity contribution in [2.75, 3.05) is 5.32 Å². The maximum atomic E-state index is 12.7. The molecular weight excluding hydrogens is 260 g/mol. The molecule has 2 aliphatic carbocycles. The van der Waals surface area contributed by atoms with Gasteiger partial charge in [-0.15, -0.1) is 0 Å². The van der Waals surface area contributed by atoms with Crippen molar-refractivity contribution in [3.8, 4) is 0 Å². The third-order valence-corrected chi connectivity index (χ3v) is 5.33. The van der Waals surface area contributed by atoms with Crippen molar-refractivity contribution in [1.82, 2.24) is 0 Å². The molecule has 4 rings (SSSR count). The average molecular weight is 280 g/mol. The molecule has 2 saturated carbocycles. The molecule has 0 heterocycles. The summed E-state index contributed by atoms with van der Waals surface area (Å²) in [6.07, 6.45) is 3.49. The van der Waals surface area contributed by atoms with Gasteiger partial charge in [-0.2, -0.15) is 0 Å². The number of amides is 1. The van der Waals surface area contributed by atoms with E-state index in [1.54, 1.807) is 0 Å². The van der Waals surface area contributed by atoms with Crippen LogP contribution in [0.5, 0.6) is 0 Å². The monoisotopic (exact) mass is 280 g/mol. The number of carbonyl (C=O) groups is 1. The molecule has 3 N–H and O–H groups in total. The number of benzene rings is 2. The van der Waals surface area contributed by atoms with Gasteiger partial charge in [0, 0.05) is 17.1 Å². The number of fused-ring (bicyclic) bond motifs is 3. The van der Waals surface area contributed by atoms with Gasteiger partial charge in [-0.3, -0.25) is 4.79 Å². The predicted molar refractivity (Wildman–Crippen MR) is 84.9 cm³/mol. The van der Waals surface area contributed by atoms with Crippen molar-refractivity contribution in [1.29, 1.82) is 0 Å². The Balaban J connectivity index is 1.62. The van der Waals surface area contributed by atoms with Crippen LogP contribution in [0.15, 0.2) is 42.5 Å². The second-order valence-corrected chi connectivity index (χ2v) is 6.45. The molecule has 2 aliphatic rings. The molecule has 2 aromatic carbocycles. The predicted octanol–water partition coefficient (Wildman–Crippen LogP) is 3.15. The van der Waals surface area contributed by atoms with Crippen molar-refractivity contribution in [2.24, 2.45) is 23.5 Å². The number of carbonyl (C=O) groups excluding carboxylic acids is 1. The van der Waals surface area contributed by atoms with Crippen LogP contribution in [0.25, 0.3) is 10.8 Å². The normalized spacial score (nSPS) is 30.7. The molecule has 108 valence electrons. The van der Waals surface area contributed by atoms with E-state index in [4.69, 9.17) is 5.73 Å². The highest BCUT2D eigenvalue weighted by molar-refractivity contribution is 6.03. The van der Waals surface area contributed by atoms with Gasteiger partial charge in [0.15, 0.2) is 0 Å². The molecule has 0 aliphatic heterocycles. The van der Waals surface area contributed by atoms with E-state index in [1.807, 2.05) is 30.3 Å². The lowest BCUT2D eigenvalue weighted by atomic mass is 9.84. The van der Waals surface area contributed by atoms with Crippen LogP contribution >= 0.6 is 0 Å². The zero-order valence-electron chi connectivity index (χ0n) is 12.0. The van der Waals surface area contributed by atoms with Crippen LogP contribution in [0.2, 0.25) is 0 Å². The summed E-state index contributed by atoms with van der Waals surface area (Å²) in [7, 11) is 0. The Kier molecular flexibility index (Phi) is 2.96. The lowest BCUT2D eigenvalue weighted by Crippen LogP contribution is -2.42. The van der Waals surface area contributed by atoms with Gasteiger partial charge >= 0.3 is 0 Å². The molecule has 4 unspecified atom stereocenters. The highest BCUT2D eigenvalue weighted by Gasteiger charge is 2.49. The third-order valence-electron chi connectivity index (χ3n) is 5.33. The summed E-state index contributed by atoms with van der Waals surface area (Å²) >= 11 is 0. The van der Waals surface area contributed by atoms with Crippen molar-refractivity contribution in [3.05, 3.63) is 42.5 Å². The van der Waals surface area contributed by atoms with Gasteiger partial charge in [-0.25, -0.2) is 0 Å². The Bertz CT molecular complexity index is 689. The highest BCUT2D eigenvalue weighted by atomic mass is 16.2. The first-order valence-corrected chi connectivity index (χ1v) is 7.78. The largest absolute Gasteiger partial charge is 0.327 e. The molecule has 3 heteroatoms. The molecule has 0 radical (unpaired) electrons. The van der Waals surface area contributed by atoms with Crippen molar-refractivity contribution < 1.29 is 4.79 Å². The van der Waals surface area contributed by atoms with Gasteiger partial charge in [0.1, 0.15) is 0 Å². The van der Waals surface area contributed by atoms with Gasteiger partial charge in [0.25, 0.3) is 0 Å². The minimum atomic E-state index is -0.0114. The standard InChI is InChI=1S/C18H20N2O/c19-17-13-9-8-12(10-13)16(17)18(21)20-15-7-3-5-11-4-1-2-6-14(11)15/h1-7,12-13,16-17H,8-10,19H2,(H,20,21). The fourth-order valence-electron chi connectivity index (χ4n) is 4.28. The van der Waals surface area contributed by atoms with E-state index in [1.165, 1.54) is 6.42 Å². The van der Waals surface area contributed by atoms with E-state index in [9.17, 15) is 4.79 Å². The van der Waals surface area contributed by atoms with Gasteiger partial charge in [-0.1, -0.05) is 36.4 Å². The Morgan fingerprint density at radius 1 is 1.05 bits per heavy atom. The highest BCUT2D eigenvalue weighted by Crippen LogP contribution is 2.48. The van der Waals surface area contributed by atoms with E-state index in [-0.39, 0.29) is 17.9 Å². The smallest absolute Gasteiger partial charge is 0.229 e. The number of nitrogens with two attached hydrogens (primary N) is 1. The molecule has 21 heavy (non-hydrogen) atoms. The fourth-order valence-corrected chi connectivity index (χ4v) is 4.28. The topological polar surface area (TPSA) is 55.1 Å². The quantitative estimate of drug-likeness (QED) is 0.888. The van der Waals surface area contributed by atoms with Crippen LogP contribution in [0, 0.1) is 17.8 Å². The molecule has 0 saturated heterocycles. The minimum Gasteiger partial charge on any atom is -0.327 e. The minimum absolute atomic E-state index is 0.0114. The van der Waals surface area contributed by atoms with Gasteiger partial charge in [-0.05, 0) is 42.6 Å². The maximum Gasteiger partial charge on any atom is 0.229 e. The molecule has 2 aromatic rings. The molecule has 4 atom stereocenters. The Hall–Kier alpha value is -1.87. The summed E-state index contributed by atoms with van der Waals surface area (Å²) < 4.78 is 0. The van der Waals surface area contributed by atoms with Crippen LogP contribution in [0.1, 0.15) is 19.3 Å². The van der Waals surface area contributed by atoms with Crippen LogP contribution < -0.4 is 11.1 Å². The summed E-state index contributed by atoms with van der Waals surface area (Å²) in [4.78, 5) is 12.7. The van der Waals surface area contributed by atoms with Crippen LogP contribution in [-0.4, -0.2) is 11.9 Å². The number of anilines is 1. The fraction of sp³-hybridized carbons (Fsp3) is 0.389. The molecule has 0 spiro atoms. The first-order valence-electron chi connectivity index (χ1n) is 7.78. The van der Waals surface area contributed by atoms with Crippen LogP contribution in [-0.2, 0) is 4.79 Å². The zero-order valence-corrected chi connectivity index (χ0v) is 12.0. The summed E-state index contributed by atoms with van der Waals surface area (Å²) in [5.41, 5.74) is 7.17. The molecule has 0 aromatic heterocycles. The van der Waals surface area contributed by atoms with Gasteiger partial charge in [0.2, 0.25) is 5.91 Å². The summed E-state index contributed by atoms with van der Waals surface area (Å²) in [6, 6.07) is 14.2. The van der Waals surface area contributed by atoms with Gasteiger partial charge in [0.05, 0.1) is 5.92 Å². The molecule has 2 bridgehead atoms. The van der Waals surface area contributed by atoms with Crippen LogP contribution in [0.3, 0.4) is 0 Å². The van der Waals surface area contributed by atoms with E-state index in [0.717, 1.165) is 29.3 Å². The van der Waals surface area contributed by atoms with E-state index in [2.05, 4.69) is 17.4 Å². The number of rotatable bonds is 2. The van der Waals surface area contributed by atoms with Crippen molar-refractivity contribution in [3.63, 3.8) is 0 Å². The molecule has 2 fully saturated rings. The molecular formula is C18H20N2O. The summed E-state index contributed by atoms with van der Waals surface area (Å²) in [5, 5.41) is 5.36.